The van der Waals surface area contributed by atoms with E-state index in [1.54, 1.807) is 21.3 Å². The third kappa shape index (κ3) is 1.54. The molecular formula is C12H14O3. The minimum absolute atomic E-state index is 0.737. The summed E-state index contributed by atoms with van der Waals surface area (Å²) in [4.78, 5) is 0. The van der Waals surface area contributed by atoms with E-state index in [1.807, 2.05) is 12.1 Å². The molecule has 0 aliphatic heterocycles. The maximum atomic E-state index is 5.28. The van der Waals surface area contributed by atoms with Gasteiger partial charge in [-0.15, -0.1) is 0 Å². The fraction of sp³-hybridized carbons (Fsp3) is 0.333. The Morgan fingerprint density at radius 1 is 0.933 bits per heavy atom. The normalized spacial score (nSPS) is 13.1. The van der Waals surface area contributed by atoms with Crippen LogP contribution in [0.1, 0.15) is 11.1 Å². The second-order valence-electron chi connectivity index (χ2n) is 3.34. The van der Waals surface area contributed by atoms with Gasteiger partial charge in [0.2, 0.25) is 0 Å². The predicted molar refractivity (Wildman–Crippen MR) is 58.2 cm³/mol. The summed E-state index contributed by atoms with van der Waals surface area (Å²) in [6.07, 6.45) is 2.95. The van der Waals surface area contributed by atoms with Crippen molar-refractivity contribution >= 4 is 5.76 Å². The van der Waals surface area contributed by atoms with Crippen LogP contribution < -0.4 is 9.47 Å². The van der Waals surface area contributed by atoms with Crippen LogP contribution in [0.4, 0.5) is 0 Å². The molecule has 15 heavy (non-hydrogen) atoms. The number of ether oxygens (including phenoxy) is 3. The van der Waals surface area contributed by atoms with Gasteiger partial charge in [-0.3, -0.25) is 0 Å². The van der Waals surface area contributed by atoms with Crippen molar-refractivity contribution < 1.29 is 14.2 Å². The molecule has 1 aromatic carbocycles. The fourth-order valence-electron chi connectivity index (χ4n) is 1.83. The van der Waals surface area contributed by atoms with E-state index in [2.05, 4.69) is 6.08 Å². The number of allylic oxidation sites excluding steroid dienone is 1. The number of rotatable bonds is 3. The van der Waals surface area contributed by atoms with E-state index in [-0.39, 0.29) is 0 Å². The van der Waals surface area contributed by atoms with Crippen LogP contribution in [0, 0.1) is 0 Å². The lowest BCUT2D eigenvalue weighted by atomic mass is 10.1. The maximum Gasteiger partial charge on any atom is 0.161 e. The molecule has 0 unspecified atom stereocenters. The second-order valence-corrected chi connectivity index (χ2v) is 3.34. The molecule has 0 aromatic heterocycles. The Labute approximate surface area is 89.3 Å². The highest BCUT2D eigenvalue weighted by molar-refractivity contribution is 5.71. The van der Waals surface area contributed by atoms with Crippen LogP contribution in [-0.4, -0.2) is 21.3 Å². The summed E-state index contributed by atoms with van der Waals surface area (Å²) in [5.41, 5.74) is 2.31. The Morgan fingerprint density at radius 3 is 2.20 bits per heavy atom. The summed E-state index contributed by atoms with van der Waals surface area (Å²) in [7, 11) is 4.96. The highest BCUT2D eigenvalue weighted by atomic mass is 16.5. The summed E-state index contributed by atoms with van der Waals surface area (Å²) < 4.78 is 15.8. The average Bonchev–Trinajstić information content (AvgIpc) is 2.68. The number of hydrogen-bond donors (Lipinski definition) is 0. The van der Waals surface area contributed by atoms with Crippen LogP contribution in [0.2, 0.25) is 0 Å². The van der Waals surface area contributed by atoms with E-state index >= 15 is 0 Å². The van der Waals surface area contributed by atoms with Crippen LogP contribution in [0.15, 0.2) is 18.2 Å². The van der Waals surface area contributed by atoms with E-state index in [0.717, 1.165) is 29.2 Å². The van der Waals surface area contributed by atoms with Gasteiger partial charge in [-0.1, -0.05) is 0 Å². The molecule has 1 aliphatic carbocycles. The third-order valence-corrected chi connectivity index (χ3v) is 2.60. The van der Waals surface area contributed by atoms with Crippen molar-refractivity contribution in [3.63, 3.8) is 0 Å². The molecule has 0 amide bonds. The second kappa shape index (κ2) is 3.85. The van der Waals surface area contributed by atoms with Crippen LogP contribution in [0.5, 0.6) is 11.5 Å². The van der Waals surface area contributed by atoms with E-state index in [1.165, 1.54) is 5.56 Å². The monoisotopic (exact) mass is 206 g/mol. The molecule has 0 fully saturated rings. The standard InChI is InChI=1S/C12H14O3/c1-13-10-5-4-8-6-11(14-2)12(15-3)7-9(8)10/h5-7H,4H2,1-3H3. The lowest BCUT2D eigenvalue weighted by molar-refractivity contribution is 0.352. The highest BCUT2D eigenvalue weighted by Gasteiger charge is 2.18. The SMILES string of the molecule is COC1=CCc2cc(OC)c(OC)cc21. The van der Waals surface area contributed by atoms with Gasteiger partial charge in [0.15, 0.2) is 11.5 Å². The maximum absolute atomic E-state index is 5.28. The van der Waals surface area contributed by atoms with Crippen LogP contribution >= 0.6 is 0 Å². The first-order valence-corrected chi connectivity index (χ1v) is 4.79. The van der Waals surface area contributed by atoms with E-state index in [9.17, 15) is 0 Å². The van der Waals surface area contributed by atoms with Gasteiger partial charge in [0.25, 0.3) is 0 Å². The summed E-state index contributed by atoms with van der Waals surface area (Å²) >= 11 is 0. The minimum Gasteiger partial charge on any atom is -0.496 e. The van der Waals surface area contributed by atoms with Gasteiger partial charge < -0.3 is 14.2 Å². The van der Waals surface area contributed by atoms with Crippen molar-refractivity contribution in [2.75, 3.05) is 21.3 Å². The molecule has 0 spiro atoms. The minimum atomic E-state index is 0.737. The molecule has 0 saturated heterocycles. The average molecular weight is 206 g/mol. The molecular weight excluding hydrogens is 192 g/mol. The van der Waals surface area contributed by atoms with E-state index < -0.39 is 0 Å². The predicted octanol–water partition coefficient (Wildman–Crippen LogP) is 2.25. The van der Waals surface area contributed by atoms with Gasteiger partial charge in [-0.25, -0.2) is 0 Å². The van der Waals surface area contributed by atoms with Crippen LogP contribution in [-0.2, 0) is 11.2 Å². The molecule has 0 heterocycles. The molecule has 1 aromatic rings. The topological polar surface area (TPSA) is 27.7 Å². The van der Waals surface area contributed by atoms with E-state index in [0.29, 0.717) is 0 Å². The number of benzene rings is 1. The Kier molecular flexibility index (Phi) is 2.54. The quantitative estimate of drug-likeness (QED) is 0.759. The van der Waals surface area contributed by atoms with E-state index in [4.69, 9.17) is 14.2 Å². The molecule has 0 bridgehead atoms. The smallest absolute Gasteiger partial charge is 0.161 e. The highest BCUT2D eigenvalue weighted by Crippen LogP contribution is 2.37. The van der Waals surface area contributed by atoms with Gasteiger partial charge >= 0.3 is 0 Å². The van der Waals surface area contributed by atoms with Crippen molar-refractivity contribution in [3.05, 3.63) is 29.3 Å². The van der Waals surface area contributed by atoms with Gasteiger partial charge in [0.1, 0.15) is 5.76 Å². The van der Waals surface area contributed by atoms with Gasteiger partial charge in [0.05, 0.1) is 21.3 Å². The number of hydrogen-bond acceptors (Lipinski definition) is 3. The van der Waals surface area contributed by atoms with Crippen molar-refractivity contribution in [1.82, 2.24) is 0 Å². The fourth-order valence-corrected chi connectivity index (χ4v) is 1.83. The summed E-state index contributed by atoms with van der Waals surface area (Å²) in [6.45, 7) is 0. The van der Waals surface area contributed by atoms with Crippen molar-refractivity contribution in [2.45, 2.75) is 6.42 Å². The molecule has 2 rings (SSSR count). The Morgan fingerprint density at radius 2 is 1.60 bits per heavy atom. The zero-order valence-corrected chi connectivity index (χ0v) is 9.16. The lowest BCUT2D eigenvalue weighted by Gasteiger charge is -2.11. The van der Waals surface area contributed by atoms with Crippen LogP contribution in [0.25, 0.3) is 5.76 Å². The molecule has 3 heteroatoms. The molecule has 0 N–H and O–H groups in total. The summed E-state index contributed by atoms with van der Waals surface area (Å²) in [5.74, 6) is 2.41. The Balaban J connectivity index is 2.49. The molecule has 80 valence electrons. The summed E-state index contributed by atoms with van der Waals surface area (Å²) in [5, 5.41) is 0. The zero-order chi connectivity index (χ0) is 10.8. The molecule has 0 saturated carbocycles. The van der Waals surface area contributed by atoms with Gasteiger partial charge in [-0.05, 0) is 30.2 Å². The van der Waals surface area contributed by atoms with Gasteiger partial charge in [0, 0.05) is 5.56 Å². The number of methoxy groups -OCH3 is 3. The zero-order valence-electron chi connectivity index (χ0n) is 9.16. The lowest BCUT2D eigenvalue weighted by Crippen LogP contribution is -1.94. The van der Waals surface area contributed by atoms with Crippen LogP contribution in [0.3, 0.4) is 0 Å². The largest absolute Gasteiger partial charge is 0.496 e. The summed E-state index contributed by atoms with van der Waals surface area (Å²) in [6, 6.07) is 3.95. The molecule has 3 nitrogen and oxygen atoms in total. The number of fused-ring (bicyclic) bond motifs is 1. The Hall–Kier alpha value is -1.64. The van der Waals surface area contributed by atoms with Gasteiger partial charge in [-0.2, -0.15) is 0 Å². The first kappa shape index (κ1) is 9.90. The third-order valence-electron chi connectivity index (χ3n) is 2.60. The van der Waals surface area contributed by atoms with Crippen molar-refractivity contribution in [3.8, 4) is 11.5 Å². The molecule has 1 aliphatic rings. The van der Waals surface area contributed by atoms with Crippen molar-refractivity contribution in [1.29, 1.82) is 0 Å². The Bertz CT molecular complexity index is 408. The molecule has 0 atom stereocenters. The molecule has 0 radical (unpaired) electrons. The van der Waals surface area contributed by atoms with Crippen molar-refractivity contribution in [2.24, 2.45) is 0 Å². The first-order valence-electron chi connectivity index (χ1n) is 4.79. The first-order chi connectivity index (χ1) is 7.30.